The lowest BCUT2D eigenvalue weighted by molar-refractivity contribution is -0.136. The Kier molecular flexibility index (Phi) is 21.1. The van der Waals surface area contributed by atoms with Crippen molar-refractivity contribution in [2.45, 2.75) is 56.1 Å². The van der Waals surface area contributed by atoms with E-state index in [4.69, 9.17) is 45.8 Å². The van der Waals surface area contributed by atoms with Gasteiger partial charge in [-0.3, -0.25) is 43.9 Å². The zero-order valence-electron chi connectivity index (χ0n) is 43.4. The Morgan fingerprint density at radius 3 is 2.05 bits per heavy atom. The number of H-pyrrole nitrogens is 1. The lowest BCUT2D eigenvalue weighted by Crippen LogP contribution is -2.60. The van der Waals surface area contributed by atoms with Crippen molar-refractivity contribution < 1.29 is 57.2 Å². The predicted octanol–water partition coefficient (Wildman–Crippen LogP) is 2.30. The minimum atomic E-state index is -1.02. The van der Waals surface area contributed by atoms with Gasteiger partial charge in [0.05, 0.1) is 114 Å². The molecule has 4 aliphatic heterocycles. The fourth-order valence-electron chi connectivity index (χ4n) is 9.75. The molecule has 23 nitrogen and oxygen atoms in total. The number of nitrogens with one attached hydrogen (secondary N) is 4. The summed E-state index contributed by atoms with van der Waals surface area (Å²) in [7, 11) is 0. The van der Waals surface area contributed by atoms with Crippen LogP contribution in [0.2, 0.25) is 5.02 Å². The number of hydrogen-bond donors (Lipinski definition) is 5. The van der Waals surface area contributed by atoms with Gasteiger partial charge in [-0.05, 0) is 61.6 Å². The normalized spacial score (nSPS) is 18.2. The molecule has 1 unspecified atom stereocenters. The van der Waals surface area contributed by atoms with E-state index in [2.05, 4.69) is 40.7 Å². The summed E-state index contributed by atoms with van der Waals surface area (Å²) >= 11 is 6.23. The van der Waals surface area contributed by atoms with Gasteiger partial charge < -0.3 is 59.6 Å². The molecule has 24 heteroatoms. The average molecular weight is 1090 g/mol. The Bertz CT molecular complexity index is 2630. The first-order valence-corrected chi connectivity index (χ1v) is 26.8. The van der Waals surface area contributed by atoms with Crippen molar-refractivity contribution in [3.05, 3.63) is 82.8 Å². The zero-order chi connectivity index (χ0) is 54.0. The van der Waals surface area contributed by atoms with Gasteiger partial charge in [0.15, 0.2) is 0 Å². The summed E-state index contributed by atoms with van der Waals surface area (Å²) in [5.41, 5.74) is 8.41. The maximum absolute atomic E-state index is 13.9. The Morgan fingerprint density at radius 2 is 1.40 bits per heavy atom. The first kappa shape index (κ1) is 57.0. The quantitative estimate of drug-likeness (QED) is 0.0370. The van der Waals surface area contributed by atoms with Gasteiger partial charge in [-0.2, -0.15) is 0 Å². The molecule has 2 atom stereocenters. The maximum atomic E-state index is 13.9. The third-order valence-corrected chi connectivity index (χ3v) is 14.4. The maximum Gasteiger partial charge on any atom is 0.264 e. The first-order valence-electron chi connectivity index (χ1n) is 26.4. The molecule has 4 aliphatic rings. The van der Waals surface area contributed by atoms with Gasteiger partial charge >= 0.3 is 0 Å². The number of carbonyl (C=O) groups excluding carboxylic acids is 6. The second-order valence-electron chi connectivity index (χ2n) is 19.2. The summed E-state index contributed by atoms with van der Waals surface area (Å²) in [5.74, 6) is -1.48. The van der Waals surface area contributed by atoms with Gasteiger partial charge in [0, 0.05) is 75.7 Å². The molecule has 0 radical (unpaired) electrons. The number of aromatic nitrogens is 3. The van der Waals surface area contributed by atoms with E-state index in [1.165, 1.54) is 0 Å². The number of piperazine rings is 1. The molecule has 3 fully saturated rings. The van der Waals surface area contributed by atoms with Crippen molar-refractivity contribution in [2.75, 3.05) is 142 Å². The molecule has 416 valence electrons. The van der Waals surface area contributed by atoms with E-state index < -0.39 is 35.2 Å². The average Bonchev–Trinajstić information content (AvgIpc) is 4.02. The number of anilines is 2. The van der Waals surface area contributed by atoms with Crippen LogP contribution < -0.4 is 26.6 Å². The van der Waals surface area contributed by atoms with Gasteiger partial charge in [0.1, 0.15) is 23.8 Å². The molecule has 2 aromatic heterocycles. The molecule has 4 aromatic rings. The number of fused-ring (bicyclic) bond motifs is 2. The highest BCUT2D eigenvalue weighted by molar-refractivity contribution is 6.30. The van der Waals surface area contributed by atoms with E-state index in [-0.39, 0.29) is 41.8 Å². The monoisotopic (exact) mass is 1090 g/mol. The lowest BCUT2D eigenvalue weighted by atomic mass is 9.87. The third kappa shape index (κ3) is 15.5. The highest BCUT2D eigenvalue weighted by atomic mass is 35.5. The van der Waals surface area contributed by atoms with Gasteiger partial charge in [-0.1, -0.05) is 29.8 Å². The van der Waals surface area contributed by atoms with Crippen LogP contribution in [0, 0.1) is 0 Å². The standard InChI is InChI=1S/C53H70ClN11O12/c54-38-6-4-37(5-7-38)41(60-52(71)53(55)13-18-64(19-14-53)48-40-10-15-57-47(40)58-36-59-48)11-17-62-20-22-63(23-21-62)45(67)12-24-72-26-28-74-30-32-76-34-35-77-33-31-75-29-27-73-25-16-56-42-3-1-2-39-46(42)51(70)65(50(39)69)43-8-9-44(66)61-49(43)68/h1-7,10,15,36,41,43,56H,8-9,11-14,16-35,55H2,(H,60,71)(H,57,58,59)(H,61,66,68)/t41-,43?/m0/s1. The number of aromatic amines is 1. The van der Waals surface area contributed by atoms with Crippen LogP contribution in [-0.4, -0.2) is 208 Å². The SMILES string of the molecule is NC1(C(=O)N[C@@H](CCN2CCN(C(=O)CCOCCOCCOCCOCCOCCOCCNc3cccc4c3C(=O)N(C3CCC(=O)NC3=O)C4=O)CC2)c2ccc(Cl)cc2)CCN(c2ncnc3[nH]ccc23)CC1. The minimum Gasteiger partial charge on any atom is -0.382 e. The Balaban J connectivity index is 0.594. The van der Waals surface area contributed by atoms with Crippen LogP contribution in [0.1, 0.15) is 70.8 Å². The smallest absolute Gasteiger partial charge is 0.264 e. The zero-order valence-corrected chi connectivity index (χ0v) is 44.1. The number of hydrogen-bond acceptors (Lipinski definition) is 18. The van der Waals surface area contributed by atoms with Gasteiger partial charge in [-0.15, -0.1) is 0 Å². The van der Waals surface area contributed by atoms with Crippen LogP contribution in [-0.2, 0) is 47.6 Å². The van der Waals surface area contributed by atoms with E-state index in [1.807, 2.05) is 41.4 Å². The summed E-state index contributed by atoms with van der Waals surface area (Å²) in [6.07, 6.45) is 5.46. The molecule has 0 spiro atoms. The van der Waals surface area contributed by atoms with E-state index >= 15 is 0 Å². The molecule has 77 heavy (non-hydrogen) atoms. The molecular weight excluding hydrogens is 1020 g/mol. The van der Waals surface area contributed by atoms with Crippen molar-refractivity contribution in [2.24, 2.45) is 5.73 Å². The molecule has 6 N–H and O–H groups in total. The second-order valence-corrected chi connectivity index (χ2v) is 19.6. The van der Waals surface area contributed by atoms with Crippen molar-refractivity contribution in [1.82, 2.24) is 40.3 Å². The van der Waals surface area contributed by atoms with E-state index in [9.17, 15) is 28.8 Å². The van der Waals surface area contributed by atoms with Crippen molar-refractivity contribution >= 4 is 69.6 Å². The molecule has 0 aliphatic carbocycles. The Morgan fingerprint density at radius 1 is 0.766 bits per heavy atom. The number of carbonyl (C=O) groups is 6. The van der Waals surface area contributed by atoms with E-state index in [0.717, 1.165) is 46.9 Å². The number of imide groups is 2. The predicted molar refractivity (Wildman–Crippen MR) is 283 cm³/mol. The molecule has 0 saturated carbocycles. The van der Waals surface area contributed by atoms with Crippen molar-refractivity contribution in [3.8, 4) is 0 Å². The van der Waals surface area contributed by atoms with Gasteiger partial charge in [-0.25, -0.2) is 9.97 Å². The number of halogens is 1. The summed E-state index contributed by atoms with van der Waals surface area (Å²) in [4.78, 5) is 96.3. The van der Waals surface area contributed by atoms with Crippen LogP contribution in [0.3, 0.4) is 0 Å². The van der Waals surface area contributed by atoms with Crippen LogP contribution in [0.5, 0.6) is 0 Å². The number of rotatable bonds is 30. The number of amides is 6. The molecule has 8 rings (SSSR count). The highest BCUT2D eigenvalue weighted by Crippen LogP contribution is 2.33. The van der Waals surface area contributed by atoms with Crippen LogP contribution in [0.4, 0.5) is 11.5 Å². The fourth-order valence-corrected chi connectivity index (χ4v) is 9.87. The largest absolute Gasteiger partial charge is 0.382 e. The Labute approximate surface area is 452 Å². The number of piperidine rings is 2. The number of nitrogens with zero attached hydrogens (tertiary/aromatic N) is 6. The number of benzene rings is 2. The van der Waals surface area contributed by atoms with Gasteiger partial charge in [0.25, 0.3) is 11.8 Å². The number of nitrogens with two attached hydrogens (primary N) is 1. The molecule has 2 aromatic carbocycles. The fraction of sp³-hybridized carbons (Fsp3) is 0.547. The summed E-state index contributed by atoms with van der Waals surface area (Å²) < 4.78 is 33.6. The summed E-state index contributed by atoms with van der Waals surface area (Å²) in [6.45, 7) is 9.52. The van der Waals surface area contributed by atoms with Gasteiger partial charge in [0.2, 0.25) is 23.6 Å². The van der Waals surface area contributed by atoms with E-state index in [0.29, 0.717) is 148 Å². The van der Waals surface area contributed by atoms with E-state index in [1.54, 1.807) is 24.5 Å². The highest BCUT2D eigenvalue weighted by Gasteiger charge is 2.46. The molecule has 6 heterocycles. The van der Waals surface area contributed by atoms with Crippen LogP contribution in [0.15, 0.2) is 61.1 Å². The Hall–Kier alpha value is -6.15. The van der Waals surface area contributed by atoms with Crippen LogP contribution >= 0.6 is 11.6 Å². The van der Waals surface area contributed by atoms with Crippen molar-refractivity contribution in [3.63, 3.8) is 0 Å². The first-order chi connectivity index (χ1) is 37.5. The summed E-state index contributed by atoms with van der Waals surface area (Å²) in [5, 5.41) is 10.2. The molecule has 3 saturated heterocycles. The molecule has 6 amide bonds. The topological polar surface area (TPSA) is 274 Å². The molecular formula is C53H70ClN11O12. The van der Waals surface area contributed by atoms with Crippen LogP contribution in [0.25, 0.3) is 11.0 Å². The minimum absolute atomic E-state index is 0.0552. The molecule has 0 bridgehead atoms. The second kappa shape index (κ2) is 28.5. The lowest BCUT2D eigenvalue weighted by Gasteiger charge is -2.39. The number of ether oxygens (including phenoxy) is 6. The van der Waals surface area contributed by atoms with Crippen molar-refractivity contribution in [1.29, 1.82) is 0 Å². The third-order valence-electron chi connectivity index (χ3n) is 14.1. The summed E-state index contributed by atoms with van der Waals surface area (Å²) in [6, 6.07) is 13.1.